The molecule has 2 aliphatic rings. The largest absolute Gasteiger partial charge is 0.480 e. The minimum Gasteiger partial charge on any atom is -0.480 e. The molecule has 3 heterocycles. The Kier molecular flexibility index (Phi) is 7.59. The number of thiophene rings is 1. The van der Waals surface area contributed by atoms with Crippen molar-refractivity contribution in [3.63, 3.8) is 0 Å². The average molecular weight is 599 g/mol. The van der Waals surface area contributed by atoms with E-state index in [4.69, 9.17) is 0 Å². The van der Waals surface area contributed by atoms with Crippen molar-refractivity contribution >= 4 is 27.3 Å². The Balaban J connectivity index is 1.29. The van der Waals surface area contributed by atoms with E-state index in [1.165, 1.54) is 12.1 Å². The van der Waals surface area contributed by atoms with Gasteiger partial charge < -0.3 is 9.63 Å². The molecule has 1 saturated heterocycles. The molecule has 0 amide bonds. The molecule has 2 N–H and O–H groups in total. The summed E-state index contributed by atoms with van der Waals surface area (Å²) in [5.41, 5.74) is -0.128. The number of aromatic nitrogens is 1. The van der Waals surface area contributed by atoms with Crippen molar-refractivity contribution in [3.8, 4) is 10.6 Å². The van der Waals surface area contributed by atoms with Gasteiger partial charge in [0.2, 0.25) is 5.76 Å². The molecule has 2 unspecified atom stereocenters. The van der Waals surface area contributed by atoms with Gasteiger partial charge in [0.25, 0.3) is 10.0 Å². The third kappa shape index (κ3) is 5.81. The Morgan fingerprint density at radius 3 is 2.55 bits per heavy atom. The van der Waals surface area contributed by atoms with Crippen molar-refractivity contribution in [1.82, 2.24) is 19.7 Å². The summed E-state index contributed by atoms with van der Waals surface area (Å²) in [7, 11) is -4.30. The zero-order chi connectivity index (χ0) is 28.9. The predicted octanol–water partition coefficient (Wildman–Crippen LogP) is 4.24. The topological polar surface area (TPSA) is 116 Å². The Hall–Kier alpha value is -2.78. The second-order valence-electron chi connectivity index (χ2n) is 10.5. The molecule has 14 heteroatoms. The summed E-state index contributed by atoms with van der Waals surface area (Å²) in [6.45, 7) is 8.90. The number of carboxylic acid groups (broad SMARTS) is 1. The summed E-state index contributed by atoms with van der Waals surface area (Å²) in [4.78, 5) is 17.2. The van der Waals surface area contributed by atoms with E-state index in [-0.39, 0.29) is 21.2 Å². The zero-order valence-corrected chi connectivity index (χ0v) is 23.4. The summed E-state index contributed by atoms with van der Waals surface area (Å²) in [5, 5.41) is 13.4. The van der Waals surface area contributed by atoms with Crippen LogP contribution in [0.5, 0.6) is 0 Å². The van der Waals surface area contributed by atoms with E-state index in [2.05, 4.69) is 38.0 Å². The second kappa shape index (κ2) is 10.6. The highest BCUT2D eigenvalue weighted by Crippen LogP contribution is 2.53. The minimum absolute atomic E-state index is 0.0779. The zero-order valence-electron chi connectivity index (χ0n) is 21.8. The summed E-state index contributed by atoms with van der Waals surface area (Å²) < 4.78 is 71.3. The van der Waals surface area contributed by atoms with E-state index in [1.54, 1.807) is 6.07 Å². The van der Waals surface area contributed by atoms with Gasteiger partial charge in [-0.1, -0.05) is 29.4 Å². The summed E-state index contributed by atoms with van der Waals surface area (Å²) in [5.74, 6) is -3.16. The molecule has 9 nitrogen and oxygen atoms in total. The maximum atomic E-state index is 13.2. The molecule has 2 atom stereocenters. The summed E-state index contributed by atoms with van der Waals surface area (Å²) in [6, 6.07) is 11.3. The lowest BCUT2D eigenvalue weighted by Crippen LogP contribution is -2.48. The molecule has 1 aliphatic carbocycles. The second-order valence-corrected chi connectivity index (χ2v) is 13.5. The van der Waals surface area contributed by atoms with E-state index in [9.17, 15) is 31.5 Å². The number of nitrogens with one attached hydrogen (secondary N) is 1. The van der Waals surface area contributed by atoms with Crippen LogP contribution in [-0.4, -0.2) is 72.2 Å². The SMILES string of the molecule is CC(C)N1CCN(Cc2cccc(C3CC3(NS(=O)(=O)c3ccc(-c4cc(C(F)(F)F)on4)s3)C(=O)O)c2)CC1. The van der Waals surface area contributed by atoms with Gasteiger partial charge in [-0.2, -0.15) is 17.9 Å². The van der Waals surface area contributed by atoms with Gasteiger partial charge in [0, 0.05) is 50.7 Å². The first-order valence-electron chi connectivity index (χ1n) is 12.8. The molecule has 3 aromatic rings. The van der Waals surface area contributed by atoms with Crippen LogP contribution in [0.2, 0.25) is 0 Å². The molecule has 0 bridgehead atoms. The quantitative estimate of drug-likeness (QED) is 0.376. The average Bonchev–Trinajstić information content (AvgIpc) is 3.24. The Morgan fingerprint density at radius 2 is 1.93 bits per heavy atom. The van der Waals surface area contributed by atoms with E-state index in [1.807, 2.05) is 18.2 Å². The molecule has 216 valence electrons. The Bertz CT molecular complexity index is 1500. The van der Waals surface area contributed by atoms with Crippen LogP contribution in [0.1, 0.15) is 43.1 Å². The Morgan fingerprint density at radius 1 is 1.20 bits per heavy atom. The lowest BCUT2D eigenvalue weighted by Gasteiger charge is -2.37. The summed E-state index contributed by atoms with van der Waals surface area (Å²) >= 11 is 0.676. The molecule has 1 aliphatic heterocycles. The molecule has 1 saturated carbocycles. The van der Waals surface area contributed by atoms with Crippen LogP contribution in [0.3, 0.4) is 0 Å². The van der Waals surface area contributed by atoms with Crippen LogP contribution < -0.4 is 4.72 Å². The first-order chi connectivity index (χ1) is 18.8. The molecule has 5 rings (SSSR count). The molecule has 0 spiro atoms. The van der Waals surface area contributed by atoms with Gasteiger partial charge >= 0.3 is 12.1 Å². The molecular formula is C26H29F3N4O5S2. The van der Waals surface area contributed by atoms with E-state index in [0.717, 1.165) is 37.3 Å². The van der Waals surface area contributed by atoms with Crippen LogP contribution >= 0.6 is 11.3 Å². The monoisotopic (exact) mass is 598 g/mol. The normalized spacial score (nSPS) is 22.6. The van der Waals surface area contributed by atoms with E-state index < -0.39 is 39.4 Å². The number of halogens is 3. The van der Waals surface area contributed by atoms with Crippen molar-refractivity contribution in [1.29, 1.82) is 0 Å². The number of carbonyl (C=O) groups is 1. The molecule has 0 radical (unpaired) electrons. The van der Waals surface area contributed by atoms with Gasteiger partial charge in [-0.05, 0) is 43.5 Å². The first kappa shape index (κ1) is 28.7. The minimum atomic E-state index is -4.73. The van der Waals surface area contributed by atoms with Gasteiger partial charge in [-0.15, -0.1) is 11.3 Å². The van der Waals surface area contributed by atoms with Crippen molar-refractivity contribution in [3.05, 3.63) is 59.4 Å². The van der Waals surface area contributed by atoms with Crippen molar-refractivity contribution in [2.75, 3.05) is 26.2 Å². The van der Waals surface area contributed by atoms with Crippen molar-refractivity contribution < 1.29 is 36.0 Å². The number of benzene rings is 1. The highest BCUT2D eigenvalue weighted by atomic mass is 32.2. The van der Waals surface area contributed by atoms with Crippen LogP contribution in [-0.2, 0) is 27.5 Å². The molecule has 1 aromatic carbocycles. The lowest BCUT2D eigenvalue weighted by atomic mass is 10.0. The summed E-state index contributed by atoms with van der Waals surface area (Å²) in [6.07, 6.45) is -4.65. The number of piperazine rings is 1. The maximum Gasteiger partial charge on any atom is 0.452 e. The highest BCUT2D eigenvalue weighted by Gasteiger charge is 2.63. The number of aliphatic carboxylic acids is 1. The third-order valence-electron chi connectivity index (χ3n) is 7.44. The number of hydrogen-bond donors (Lipinski definition) is 2. The standard InChI is InChI=1S/C26H29F3N4O5S2/c1-16(2)33-10-8-32(9-11-33)15-17-4-3-5-18(12-17)19-14-25(19,24(34)35)31-40(36,37)23-7-6-21(39-23)20-13-22(38-30-20)26(27,28)29/h3-7,12-13,16,19,31H,8-11,14-15H2,1-2H3,(H,34,35). The number of rotatable bonds is 9. The van der Waals surface area contributed by atoms with Crippen molar-refractivity contribution in [2.24, 2.45) is 0 Å². The lowest BCUT2D eigenvalue weighted by molar-refractivity contribution is -0.155. The van der Waals surface area contributed by atoms with Crippen LogP contribution in [0, 0.1) is 0 Å². The maximum absolute atomic E-state index is 13.2. The van der Waals surface area contributed by atoms with Crippen LogP contribution in [0.4, 0.5) is 13.2 Å². The number of carboxylic acids is 1. The van der Waals surface area contributed by atoms with Crippen LogP contribution in [0.15, 0.2) is 51.2 Å². The van der Waals surface area contributed by atoms with E-state index >= 15 is 0 Å². The van der Waals surface area contributed by atoms with Gasteiger partial charge in [0.15, 0.2) is 0 Å². The highest BCUT2D eigenvalue weighted by molar-refractivity contribution is 7.91. The fraction of sp³-hybridized carbons (Fsp3) is 0.462. The molecule has 2 aromatic heterocycles. The van der Waals surface area contributed by atoms with Gasteiger partial charge in [0.05, 0.1) is 4.88 Å². The van der Waals surface area contributed by atoms with Gasteiger partial charge in [-0.3, -0.25) is 14.6 Å². The number of alkyl halides is 3. The fourth-order valence-corrected chi connectivity index (χ4v) is 7.74. The van der Waals surface area contributed by atoms with Crippen LogP contribution in [0.25, 0.3) is 10.6 Å². The van der Waals surface area contributed by atoms with Gasteiger partial charge in [-0.25, -0.2) is 8.42 Å². The third-order valence-corrected chi connectivity index (χ3v) is 10.6. The van der Waals surface area contributed by atoms with Crippen molar-refractivity contribution in [2.45, 2.75) is 54.7 Å². The fourth-order valence-electron chi connectivity index (χ4n) is 5.08. The number of sulfonamides is 1. The van der Waals surface area contributed by atoms with Gasteiger partial charge in [0.1, 0.15) is 15.4 Å². The number of hydrogen-bond acceptors (Lipinski definition) is 8. The first-order valence-corrected chi connectivity index (χ1v) is 15.1. The molecular weight excluding hydrogens is 569 g/mol. The Labute approximate surface area is 233 Å². The number of nitrogens with zero attached hydrogens (tertiary/aromatic N) is 3. The molecule has 40 heavy (non-hydrogen) atoms. The predicted molar refractivity (Wildman–Crippen MR) is 141 cm³/mol. The molecule has 2 fully saturated rings. The van der Waals surface area contributed by atoms with E-state index in [0.29, 0.717) is 30.0 Å². The smallest absolute Gasteiger partial charge is 0.452 e.